The zero-order valence-corrected chi connectivity index (χ0v) is 10.6. The lowest BCUT2D eigenvalue weighted by molar-refractivity contribution is 0.690. The van der Waals surface area contributed by atoms with Crippen LogP contribution in [0.1, 0.15) is 24.0 Å². The van der Waals surface area contributed by atoms with Crippen LogP contribution in [0.25, 0.3) is 10.2 Å². The molecule has 4 heteroatoms. The van der Waals surface area contributed by atoms with Gasteiger partial charge < -0.3 is 5.73 Å². The number of nitrogen functional groups attached to an aromatic ring is 1. The van der Waals surface area contributed by atoms with Gasteiger partial charge in [-0.3, -0.25) is 0 Å². The van der Waals surface area contributed by atoms with Gasteiger partial charge in [0.15, 0.2) is 5.13 Å². The van der Waals surface area contributed by atoms with Crippen LogP contribution in [-0.2, 0) is 12.8 Å². The van der Waals surface area contributed by atoms with Crippen molar-refractivity contribution in [3.8, 4) is 0 Å². The molecular formula is C11H11BrN2S. The summed E-state index contributed by atoms with van der Waals surface area (Å²) in [5, 5.41) is 0.671. The van der Waals surface area contributed by atoms with E-state index in [-0.39, 0.29) is 0 Å². The second-order valence-corrected chi connectivity index (χ2v) is 5.82. The van der Waals surface area contributed by atoms with Crippen LogP contribution in [0, 0.1) is 0 Å². The maximum Gasteiger partial charge on any atom is 0.181 e. The minimum atomic E-state index is 0.671. The highest BCUT2D eigenvalue weighted by Gasteiger charge is 2.17. The third-order valence-electron chi connectivity index (χ3n) is 2.96. The number of nitrogens with two attached hydrogens (primary N) is 1. The number of anilines is 1. The Morgan fingerprint density at radius 2 is 2.13 bits per heavy atom. The van der Waals surface area contributed by atoms with Crippen molar-refractivity contribution in [2.45, 2.75) is 25.7 Å². The average molecular weight is 283 g/mol. The first kappa shape index (κ1) is 9.60. The summed E-state index contributed by atoms with van der Waals surface area (Å²) in [4.78, 5) is 4.37. The Bertz CT molecular complexity index is 533. The van der Waals surface area contributed by atoms with E-state index >= 15 is 0 Å². The molecule has 15 heavy (non-hydrogen) atoms. The number of fused-ring (bicyclic) bond motifs is 3. The van der Waals surface area contributed by atoms with Crippen LogP contribution in [0.2, 0.25) is 0 Å². The summed E-state index contributed by atoms with van der Waals surface area (Å²) in [5.74, 6) is 0. The van der Waals surface area contributed by atoms with Gasteiger partial charge in [0.1, 0.15) is 0 Å². The maximum absolute atomic E-state index is 5.78. The van der Waals surface area contributed by atoms with Gasteiger partial charge in [0, 0.05) is 4.47 Å². The Kier molecular flexibility index (Phi) is 2.21. The molecule has 0 atom stereocenters. The van der Waals surface area contributed by atoms with E-state index in [1.807, 2.05) is 0 Å². The molecule has 0 saturated carbocycles. The summed E-state index contributed by atoms with van der Waals surface area (Å²) in [7, 11) is 0. The van der Waals surface area contributed by atoms with Crippen molar-refractivity contribution >= 4 is 42.6 Å². The van der Waals surface area contributed by atoms with E-state index in [1.165, 1.54) is 41.5 Å². The lowest BCUT2D eigenvalue weighted by atomic mass is 9.91. The number of benzene rings is 1. The van der Waals surface area contributed by atoms with Crippen LogP contribution in [0.5, 0.6) is 0 Å². The molecule has 0 radical (unpaired) electrons. The SMILES string of the molecule is Nc1nc2c(Br)cc3c(c2s1)CCCC3. The van der Waals surface area contributed by atoms with Crippen molar-refractivity contribution in [1.29, 1.82) is 0 Å². The lowest BCUT2D eigenvalue weighted by Gasteiger charge is -2.16. The van der Waals surface area contributed by atoms with Crippen molar-refractivity contribution in [3.05, 3.63) is 21.7 Å². The van der Waals surface area contributed by atoms with E-state index in [1.54, 1.807) is 11.3 Å². The molecule has 3 rings (SSSR count). The second-order valence-electron chi connectivity index (χ2n) is 3.93. The molecule has 2 N–H and O–H groups in total. The minimum Gasteiger partial charge on any atom is -0.375 e. The fourth-order valence-electron chi connectivity index (χ4n) is 2.27. The van der Waals surface area contributed by atoms with Crippen molar-refractivity contribution in [2.75, 3.05) is 5.73 Å². The molecule has 0 unspecified atom stereocenters. The Morgan fingerprint density at radius 1 is 1.33 bits per heavy atom. The Hall–Kier alpha value is -0.610. The van der Waals surface area contributed by atoms with Crippen LogP contribution in [0.15, 0.2) is 10.5 Å². The molecular weight excluding hydrogens is 272 g/mol. The summed E-state index contributed by atoms with van der Waals surface area (Å²) in [5.41, 5.74) is 9.78. The molecule has 0 aliphatic heterocycles. The molecule has 1 aromatic heterocycles. The Labute approximate surface area is 101 Å². The Morgan fingerprint density at radius 3 is 3.00 bits per heavy atom. The predicted octanol–water partition coefficient (Wildman–Crippen LogP) is 3.52. The number of aryl methyl sites for hydroxylation is 2. The smallest absolute Gasteiger partial charge is 0.181 e. The van der Waals surface area contributed by atoms with Crippen molar-refractivity contribution in [2.24, 2.45) is 0 Å². The van der Waals surface area contributed by atoms with Crippen molar-refractivity contribution in [3.63, 3.8) is 0 Å². The third kappa shape index (κ3) is 1.47. The highest BCUT2D eigenvalue weighted by atomic mass is 79.9. The zero-order valence-electron chi connectivity index (χ0n) is 8.22. The molecule has 2 nitrogen and oxygen atoms in total. The zero-order chi connectivity index (χ0) is 10.4. The summed E-state index contributed by atoms with van der Waals surface area (Å²) in [6, 6.07) is 2.22. The number of rotatable bonds is 0. The van der Waals surface area contributed by atoms with Gasteiger partial charge in [0.25, 0.3) is 0 Å². The number of nitrogens with zero attached hydrogens (tertiary/aromatic N) is 1. The van der Waals surface area contributed by atoms with Crippen LogP contribution in [-0.4, -0.2) is 4.98 Å². The molecule has 78 valence electrons. The summed E-state index contributed by atoms with van der Waals surface area (Å²) in [6.45, 7) is 0. The van der Waals surface area contributed by atoms with Gasteiger partial charge in [-0.25, -0.2) is 4.98 Å². The molecule has 0 amide bonds. The molecule has 0 saturated heterocycles. The lowest BCUT2D eigenvalue weighted by Crippen LogP contribution is -2.02. The summed E-state index contributed by atoms with van der Waals surface area (Å²) < 4.78 is 2.38. The van der Waals surface area contributed by atoms with Gasteiger partial charge in [-0.2, -0.15) is 0 Å². The first-order valence-electron chi connectivity index (χ1n) is 5.12. The van der Waals surface area contributed by atoms with E-state index in [4.69, 9.17) is 5.73 Å². The Balaban J connectivity index is 2.38. The molecule has 1 aliphatic rings. The molecule has 0 fully saturated rings. The topological polar surface area (TPSA) is 38.9 Å². The monoisotopic (exact) mass is 282 g/mol. The fraction of sp³-hybridized carbons (Fsp3) is 0.364. The number of hydrogen-bond donors (Lipinski definition) is 1. The van der Waals surface area contributed by atoms with Crippen molar-refractivity contribution < 1.29 is 0 Å². The molecule has 2 aromatic rings. The number of hydrogen-bond acceptors (Lipinski definition) is 3. The molecule has 0 bridgehead atoms. The van der Waals surface area contributed by atoms with Gasteiger partial charge in [-0.15, -0.1) is 0 Å². The van der Waals surface area contributed by atoms with Gasteiger partial charge >= 0.3 is 0 Å². The minimum absolute atomic E-state index is 0.671. The highest BCUT2D eigenvalue weighted by Crippen LogP contribution is 2.37. The summed E-state index contributed by atoms with van der Waals surface area (Å²) in [6.07, 6.45) is 4.98. The van der Waals surface area contributed by atoms with E-state index in [9.17, 15) is 0 Å². The quantitative estimate of drug-likeness (QED) is 0.803. The highest BCUT2D eigenvalue weighted by molar-refractivity contribution is 9.10. The number of aromatic nitrogens is 1. The normalized spacial score (nSPS) is 15.5. The van der Waals surface area contributed by atoms with Gasteiger partial charge in [0.05, 0.1) is 10.2 Å². The van der Waals surface area contributed by atoms with Crippen LogP contribution < -0.4 is 5.73 Å². The van der Waals surface area contributed by atoms with E-state index in [0.717, 1.165) is 9.99 Å². The van der Waals surface area contributed by atoms with Crippen LogP contribution in [0.3, 0.4) is 0 Å². The first-order chi connectivity index (χ1) is 7.25. The van der Waals surface area contributed by atoms with Gasteiger partial charge in [-0.1, -0.05) is 11.3 Å². The maximum atomic E-state index is 5.78. The molecule has 1 aliphatic carbocycles. The molecule has 1 heterocycles. The van der Waals surface area contributed by atoms with E-state index < -0.39 is 0 Å². The molecule has 0 spiro atoms. The summed E-state index contributed by atoms with van der Waals surface area (Å²) >= 11 is 5.20. The number of thiazole rings is 1. The largest absolute Gasteiger partial charge is 0.375 e. The van der Waals surface area contributed by atoms with Crippen LogP contribution >= 0.6 is 27.3 Å². The number of halogens is 1. The average Bonchev–Trinajstić information content (AvgIpc) is 2.61. The van der Waals surface area contributed by atoms with E-state index in [2.05, 4.69) is 27.0 Å². The third-order valence-corrected chi connectivity index (χ3v) is 4.50. The standard InChI is InChI=1S/C11H11BrN2S/c12-8-5-6-3-1-2-4-7(6)10-9(8)14-11(13)15-10/h5H,1-4H2,(H2,13,14). The fourth-order valence-corrected chi connectivity index (χ4v) is 3.92. The van der Waals surface area contributed by atoms with E-state index in [0.29, 0.717) is 5.13 Å². The van der Waals surface area contributed by atoms with Crippen molar-refractivity contribution in [1.82, 2.24) is 4.98 Å². The van der Waals surface area contributed by atoms with Gasteiger partial charge in [0.2, 0.25) is 0 Å². The predicted molar refractivity (Wildman–Crippen MR) is 68.4 cm³/mol. The van der Waals surface area contributed by atoms with Gasteiger partial charge in [-0.05, 0) is 58.8 Å². The molecule has 1 aromatic carbocycles. The van der Waals surface area contributed by atoms with Crippen LogP contribution in [0.4, 0.5) is 5.13 Å². The first-order valence-corrected chi connectivity index (χ1v) is 6.73. The second kappa shape index (κ2) is 3.46.